The molecule has 2 heterocycles. The molecule has 2 aliphatic rings. The van der Waals surface area contributed by atoms with Gasteiger partial charge in [0.1, 0.15) is 48.8 Å². The van der Waals surface area contributed by atoms with Gasteiger partial charge in [0.15, 0.2) is 12.6 Å². The minimum atomic E-state index is -1.79. The van der Waals surface area contributed by atoms with E-state index in [0.29, 0.717) is 6.42 Å². The van der Waals surface area contributed by atoms with E-state index < -0.39 is 86.8 Å². The van der Waals surface area contributed by atoms with Crippen LogP contribution in [0.5, 0.6) is 0 Å². The van der Waals surface area contributed by atoms with Crippen molar-refractivity contribution in [2.75, 3.05) is 19.8 Å². The molecule has 76 heavy (non-hydrogen) atoms. The van der Waals surface area contributed by atoms with E-state index in [0.717, 1.165) is 116 Å². The summed E-state index contributed by atoms with van der Waals surface area (Å²) in [6.07, 6.45) is 48.5. The third kappa shape index (κ3) is 31.9. The molecule has 0 aliphatic carbocycles. The lowest BCUT2D eigenvalue weighted by atomic mass is 9.97. The number of carbonyl (C=O) groups excluding carboxylic acids is 1. The van der Waals surface area contributed by atoms with Crippen LogP contribution in [0, 0.1) is 0 Å². The molecule has 2 saturated heterocycles. The molecule has 2 fully saturated rings. The summed E-state index contributed by atoms with van der Waals surface area (Å²) in [5.41, 5.74) is 0. The molecule has 2 rings (SSSR count). The summed E-state index contributed by atoms with van der Waals surface area (Å²) >= 11 is 0. The summed E-state index contributed by atoms with van der Waals surface area (Å²) in [4.78, 5) is 13.2. The number of carbonyl (C=O) groups is 1. The Hall–Kier alpha value is -3.35. The first-order chi connectivity index (χ1) is 37.1. The standard InChI is InChI=1S/C62H103NO13/c1-3-5-7-9-11-13-15-16-17-18-19-20-21-22-23-24-25-26-27-28-29-30-31-32-33-34-36-38-40-42-44-46-54(67)63-50(51(66)45-43-41-39-37-35-14-12-10-8-6-4-2)49-73-61-59(72)57(70)60(53(48-65)75-61)76-62-58(71)56(69)55(68)52(47-64)74-62/h5,7,11,13,16-17,19-20,22-23,25-26,28-29,31-32,43,45,50-53,55-62,64-66,68-72H,3-4,6,8-10,12,14-15,18,21,24,27,30,33-42,44,46-49H2,1-2H3,(H,63,67)/b7-5-,13-11-,17-16-,20-19-,23-22-,26-25-,29-28-,32-31-,45-43+. The number of unbranched alkanes of at least 4 members (excludes halogenated alkanes) is 15. The zero-order valence-corrected chi connectivity index (χ0v) is 46.4. The van der Waals surface area contributed by atoms with Gasteiger partial charge >= 0.3 is 0 Å². The highest BCUT2D eigenvalue weighted by Gasteiger charge is 2.51. The molecule has 2 aliphatic heterocycles. The first kappa shape index (κ1) is 68.8. The second-order valence-electron chi connectivity index (χ2n) is 20.0. The maximum absolute atomic E-state index is 13.2. The third-order valence-corrected chi connectivity index (χ3v) is 13.5. The van der Waals surface area contributed by atoms with Gasteiger partial charge in [-0.2, -0.15) is 0 Å². The summed E-state index contributed by atoms with van der Waals surface area (Å²) in [6, 6.07) is -0.929. The van der Waals surface area contributed by atoms with Crippen molar-refractivity contribution in [3.8, 4) is 0 Å². The first-order valence-electron chi connectivity index (χ1n) is 29.1. The molecule has 0 aromatic rings. The van der Waals surface area contributed by atoms with E-state index in [1.165, 1.54) is 38.5 Å². The highest BCUT2D eigenvalue weighted by Crippen LogP contribution is 2.30. The van der Waals surface area contributed by atoms with Crippen molar-refractivity contribution in [3.63, 3.8) is 0 Å². The van der Waals surface area contributed by atoms with Crippen LogP contribution in [0.4, 0.5) is 0 Å². The maximum Gasteiger partial charge on any atom is 0.220 e. The number of aliphatic hydroxyl groups excluding tert-OH is 8. The lowest BCUT2D eigenvalue weighted by Gasteiger charge is -2.46. The van der Waals surface area contributed by atoms with Crippen molar-refractivity contribution in [2.24, 2.45) is 0 Å². The molecule has 9 N–H and O–H groups in total. The highest BCUT2D eigenvalue weighted by atomic mass is 16.7. The first-order valence-corrected chi connectivity index (χ1v) is 29.1. The largest absolute Gasteiger partial charge is 0.394 e. The molecule has 12 atom stereocenters. The van der Waals surface area contributed by atoms with Crippen molar-refractivity contribution in [2.45, 2.75) is 254 Å². The lowest BCUT2D eigenvalue weighted by molar-refractivity contribution is -0.359. The van der Waals surface area contributed by atoms with Crippen LogP contribution in [0.25, 0.3) is 0 Å². The Bertz CT molecular complexity index is 1690. The van der Waals surface area contributed by atoms with Crippen LogP contribution in [0.2, 0.25) is 0 Å². The minimum absolute atomic E-state index is 0.257. The third-order valence-electron chi connectivity index (χ3n) is 13.5. The van der Waals surface area contributed by atoms with Crippen LogP contribution < -0.4 is 5.32 Å². The normalized spacial score (nSPS) is 25.7. The van der Waals surface area contributed by atoms with E-state index in [4.69, 9.17) is 18.9 Å². The zero-order valence-electron chi connectivity index (χ0n) is 46.4. The molecular formula is C62H103NO13. The number of hydrogen-bond donors (Lipinski definition) is 9. The van der Waals surface area contributed by atoms with Crippen LogP contribution in [0.1, 0.15) is 181 Å². The molecule has 12 unspecified atom stereocenters. The van der Waals surface area contributed by atoms with Gasteiger partial charge in [-0.1, -0.05) is 200 Å². The minimum Gasteiger partial charge on any atom is -0.394 e. The van der Waals surface area contributed by atoms with Crippen molar-refractivity contribution >= 4 is 5.91 Å². The Morgan fingerprint density at radius 3 is 1.39 bits per heavy atom. The van der Waals surface area contributed by atoms with Gasteiger partial charge < -0.3 is 65.1 Å². The van der Waals surface area contributed by atoms with E-state index in [1.807, 2.05) is 6.08 Å². The number of hydrogen-bond acceptors (Lipinski definition) is 13. The summed E-state index contributed by atoms with van der Waals surface area (Å²) < 4.78 is 22.7. The maximum atomic E-state index is 13.2. The van der Waals surface area contributed by atoms with Crippen molar-refractivity contribution in [1.29, 1.82) is 0 Å². The smallest absolute Gasteiger partial charge is 0.220 e. The van der Waals surface area contributed by atoms with Gasteiger partial charge in [0.2, 0.25) is 5.91 Å². The Kier molecular flexibility index (Phi) is 42.1. The SMILES string of the molecule is CC/C=C\C/C=C\C/C=C\C/C=C\C/C=C\C/C=C\C/C=C\C/C=C\CCCCCCCCC(=O)NC(COC1OC(CO)C(OC2OC(CO)C(O)C(O)C2O)C(O)C1O)C(O)/C=C/CCCCCCCCCCC. The monoisotopic (exact) mass is 1070 g/mol. The topological polar surface area (TPSA) is 228 Å². The fourth-order valence-electron chi connectivity index (χ4n) is 8.78. The van der Waals surface area contributed by atoms with E-state index >= 15 is 0 Å². The second-order valence-corrected chi connectivity index (χ2v) is 20.0. The van der Waals surface area contributed by atoms with Crippen LogP contribution in [-0.4, -0.2) is 140 Å². The molecular weight excluding hydrogens is 967 g/mol. The van der Waals surface area contributed by atoms with Gasteiger partial charge in [0, 0.05) is 6.42 Å². The summed E-state index contributed by atoms with van der Waals surface area (Å²) in [7, 11) is 0. The Morgan fingerprint density at radius 2 is 0.908 bits per heavy atom. The van der Waals surface area contributed by atoms with Gasteiger partial charge in [-0.15, -0.1) is 0 Å². The van der Waals surface area contributed by atoms with Crippen LogP contribution in [-0.2, 0) is 23.7 Å². The predicted octanol–water partition coefficient (Wildman–Crippen LogP) is 9.66. The average Bonchev–Trinajstić information content (AvgIpc) is 3.42. The molecule has 1 amide bonds. The van der Waals surface area contributed by atoms with Crippen LogP contribution >= 0.6 is 0 Å². The Balaban J connectivity index is 1.71. The fraction of sp³-hybridized carbons (Fsp3) is 0.694. The zero-order chi connectivity index (χ0) is 55.3. The molecule has 0 saturated carbocycles. The molecule has 0 radical (unpaired) electrons. The number of rotatable bonds is 44. The van der Waals surface area contributed by atoms with Crippen LogP contribution in [0.3, 0.4) is 0 Å². The van der Waals surface area contributed by atoms with E-state index in [2.05, 4.69) is 116 Å². The van der Waals surface area contributed by atoms with Crippen molar-refractivity contribution in [1.82, 2.24) is 5.32 Å². The highest BCUT2D eigenvalue weighted by molar-refractivity contribution is 5.76. The summed E-state index contributed by atoms with van der Waals surface area (Å²) in [5, 5.41) is 86.9. The number of allylic oxidation sites excluding steroid dienone is 17. The van der Waals surface area contributed by atoms with Gasteiger partial charge in [0.05, 0.1) is 32.0 Å². The quantitative estimate of drug-likeness (QED) is 0.0205. The van der Waals surface area contributed by atoms with E-state index in [9.17, 15) is 45.6 Å². The molecule has 0 bridgehead atoms. The number of amides is 1. The number of aliphatic hydroxyl groups is 8. The average molecular weight is 1070 g/mol. The lowest BCUT2D eigenvalue weighted by Crippen LogP contribution is -2.65. The van der Waals surface area contributed by atoms with E-state index in [-0.39, 0.29) is 18.9 Å². The van der Waals surface area contributed by atoms with Gasteiger partial charge in [-0.3, -0.25) is 4.79 Å². The Labute approximate surface area is 457 Å². The molecule has 0 spiro atoms. The van der Waals surface area contributed by atoms with E-state index in [1.54, 1.807) is 6.08 Å². The number of ether oxygens (including phenoxy) is 4. The number of nitrogens with one attached hydrogen (secondary N) is 1. The molecule has 14 nitrogen and oxygen atoms in total. The molecule has 14 heteroatoms. The molecule has 0 aromatic heterocycles. The predicted molar refractivity (Wildman–Crippen MR) is 304 cm³/mol. The molecule has 0 aromatic carbocycles. The van der Waals surface area contributed by atoms with Gasteiger partial charge in [-0.25, -0.2) is 0 Å². The summed E-state index contributed by atoms with van der Waals surface area (Å²) in [6.45, 7) is 2.63. The van der Waals surface area contributed by atoms with Crippen LogP contribution in [0.15, 0.2) is 109 Å². The molecule has 434 valence electrons. The summed E-state index contributed by atoms with van der Waals surface area (Å²) in [5.74, 6) is -0.261. The fourth-order valence-corrected chi connectivity index (χ4v) is 8.78. The van der Waals surface area contributed by atoms with Gasteiger partial charge in [-0.05, 0) is 83.5 Å². The van der Waals surface area contributed by atoms with Crippen molar-refractivity contribution < 1.29 is 64.6 Å². The Morgan fingerprint density at radius 1 is 0.487 bits per heavy atom. The van der Waals surface area contributed by atoms with Gasteiger partial charge in [0.25, 0.3) is 0 Å². The van der Waals surface area contributed by atoms with Crippen molar-refractivity contribution in [3.05, 3.63) is 109 Å². The second kappa shape index (κ2) is 46.6.